The van der Waals surface area contributed by atoms with Crippen LogP contribution in [0.5, 0.6) is 5.75 Å². The Kier molecular flexibility index (Phi) is 5.20. The normalized spacial score (nSPS) is 15.1. The molecule has 0 aliphatic carbocycles. The van der Waals surface area contributed by atoms with Gasteiger partial charge in [0.05, 0.1) is 5.56 Å². The van der Waals surface area contributed by atoms with Gasteiger partial charge in [-0.3, -0.25) is 0 Å². The summed E-state index contributed by atoms with van der Waals surface area (Å²) in [6, 6.07) is 4.39. The first-order valence-corrected chi connectivity index (χ1v) is 5.98. The second-order valence-corrected chi connectivity index (χ2v) is 4.59. The van der Waals surface area contributed by atoms with Crippen molar-refractivity contribution in [1.29, 1.82) is 0 Å². The van der Waals surface area contributed by atoms with Crippen molar-refractivity contribution in [2.75, 3.05) is 19.7 Å². The monoisotopic (exact) mass is 277 g/mol. The van der Waals surface area contributed by atoms with Crippen LogP contribution in [0, 0.1) is 0 Å². The highest BCUT2D eigenvalue weighted by atomic mass is 19.4. The van der Waals surface area contributed by atoms with Crippen molar-refractivity contribution in [1.82, 2.24) is 5.32 Å². The van der Waals surface area contributed by atoms with Gasteiger partial charge in [0, 0.05) is 6.54 Å². The van der Waals surface area contributed by atoms with E-state index in [1.807, 2.05) is 6.92 Å². The van der Waals surface area contributed by atoms with E-state index in [0.29, 0.717) is 12.3 Å². The molecule has 0 aromatic heterocycles. The predicted octanol–water partition coefficient (Wildman–Crippen LogP) is 2.44. The summed E-state index contributed by atoms with van der Waals surface area (Å²) >= 11 is 0. The second kappa shape index (κ2) is 6.25. The average Bonchev–Trinajstić information content (AvgIpc) is 2.34. The number of aliphatic hydroxyl groups is 1. The number of alkyl halides is 3. The zero-order valence-corrected chi connectivity index (χ0v) is 10.9. The van der Waals surface area contributed by atoms with E-state index in [0.717, 1.165) is 18.7 Å². The van der Waals surface area contributed by atoms with Crippen LogP contribution in [0.1, 0.15) is 19.4 Å². The molecule has 0 saturated heterocycles. The molecule has 19 heavy (non-hydrogen) atoms. The summed E-state index contributed by atoms with van der Waals surface area (Å²) in [5.74, 6) is 0.296. The van der Waals surface area contributed by atoms with Gasteiger partial charge >= 0.3 is 6.18 Å². The molecule has 1 unspecified atom stereocenters. The molecule has 0 spiro atoms. The number of hydrogen-bond donors (Lipinski definition) is 2. The quantitative estimate of drug-likeness (QED) is 0.839. The van der Waals surface area contributed by atoms with Crippen LogP contribution in [-0.4, -0.2) is 30.4 Å². The highest BCUT2D eigenvalue weighted by Crippen LogP contribution is 2.30. The smallest absolute Gasteiger partial charge is 0.416 e. The molecule has 1 aromatic rings. The Morgan fingerprint density at radius 3 is 2.26 bits per heavy atom. The SMILES string of the molecule is CCNCC(C)(O)COc1ccc(C(F)(F)F)cc1. The van der Waals surface area contributed by atoms with Crippen LogP contribution in [0.4, 0.5) is 13.2 Å². The van der Waals surface area contributed by atoms with Gasteiger partial charge in [0.2, 0.25) is 0 Å². The maximum absolute atomic E-state index is 12.3. The predicted molar refractivity (Wildman–Crippen MR) is 66.1 cm³/mol. The largest absolute Gasteiger partial charge is 0.491 e. The summed E-state index contributed by atoms with van der Waals surface area (Å²) in [7, 11) is 0. The molecular formula is C13H18F3NO2. The molecule has 3 nitrogen and oxygen atoms in total. The van der Waals surface area contributed by atoms with Gasteiger partial charge in [-0.2, -0.15) is 13.2 Å². The van der Waals surface area contributed by atoms with E-state index in [-0.39, 0.29) is 6.61 Å². The van der Waals surface area contributed by atoms with E-state index >= 15 is 0 Å². The van der Waals surface area contributed by atoms with E-state index in [2.05, 4.69) is 5.32 Å². The number of rotatable bonds is 6. The fraction of sp³-hybridized carbons (Fsp3) is 0.538. The summed E-state index contributed by atoms with van der Waals surface area (Å²) in [5.41, 5.74) is -1.79. The van der Waals surface area contributed by atoms with E-state index < -0.39 is 17.3 Å². The molecule has 1 atom stereocenters. The number of hydrogen-bond acceptors (Lipinski definition) is 3. The molecule has 2 N–H and O–H groups in total. The first-order valence-electron chi connectivity index (χ1n) is 5.98. The lowest BCUT2D eigenvalue weighted by Crippen LogP contribution is -2.42. The van der Waals surface area contributed by atoms with Crippen LogP contribution in [0.25, 0.3) is 0 Å². The molecule has 108 valence electrons. The molecular weight excluding hydrogens is 259 g/mol. The Bertz CT molecular complexity index is 388. The molecule has 0 aliphatic rings. The third-order valence-electron chi connectivity index (χ3n) is 2.49. The summed E-state index contributed by atoms with van der Waals surface area (Å²) in [4.78, 5) is 0. The minimum absolute atomic E-state index is 0.00532. The third kappa shape index (κ3) is 5.48. The van der Waals surface area contributed by atoms with Crippen molar-refractivity contribution in [3.05, 3.63) is 29.8 Å². The van der Waals surface area contributed by atoms with Crippen molar-refractivity contribution in [3.63, 3.8) is 0 Å². The number of nitrogens with one attached hydrogen (secondary N) is 1. The topological polar surface area (TPSA) is 41.5 Å². The van der Waals surface area contributed by atoms with Gasteiger partial charge < -0.3 is 15.2 Å². The van der Waals surface area contributed by atoms with Crippen molar-refractivity contribution >= 4 is 0 Å². The van der Waals surface area contributed by atoms with Crippen molar-refractivity contribution in [2.24, 2.45) is 0 Å². The van der Waals surface area contributed by atoms with E-state index in [1.54, 1.807) is 6.92 Å². The number of likely N-dealkylation sites (N-methyl/N-ethyl adjacent to an activating group) is 1. The molecule has 0 aliphatic heterocycles. The van der Waals surface area contributed by atoms with E-state index in [1.165, 1.54) is 12.1 Å². The highest BCUT2D eigenvalue weighted by molar-refractivity contribution is 5.28. The first-order chi connectivity index (χ1) is 8.74. The third-order valence-corrected chi connectivity index (χ3v) is 2.49. The lowest BCUT2D eigenvalue weighted by Gasteiger charge is -2.23. The molecule has 0 fully saturated rings. The zero-order chi connectivity index (χ0) is 14.5. The fourth-order valence-electron chi connectivity index (χ4n) is 1.42. The van der Waals surface area contributed by atoms with Gasteiger partial charge in [0.15, 0.2) is 0 Å². The lowest BCUT2D eigenvalue weighted by molar-refractivity contribution is -0.137. The average molecular weight is 277 g/mol. The standard InChI is InChI=1S/C13H18F3NO2/c1-3-17-8-12(2,18)9-19-11-6-4-10(5-7-11)13(14,15)16/h4-7,17-18H,3,8-9H2,1-2H3. The van der Waals surface area contributed by atoms with Crippen molar-refractivity contribution in [3.8, 4) is 5.75 Å². The summed E-state index contributed by atoms with van der Waals surface area (Å²) < 4.78 is 42.3. The van der Waals surface area contributed by atoms with Crippen molar-refractivity contribution < 1.29 is 23.0 Å². The molecule has 0 bridgehead atoms. The summed E-state index contributed by atoms with van der Waals surface area (Å²) in [6.45, 7) is 4.58. The summed E-state index contributed by atoms with van der Waals surface area (Å²) in [5, 5.41) is 12.9. The summed E-state index contributed by atoms with van der Waals surface area (Å²) in [6.07, 6.45) is -4.35. The molecule has 1 aromatic carbocycles. The minimum atomic E-state index is -4.35. The number of benzene rings is 1. The molecule has 0 saturated carbocycles. The van der Waals surface area contributed by atoms with Crippen LogP contribution < -0.4 is 10.1 Å². The molecule has 0 radical (unpaired) electrons. The van der Waals surface area contributed by atoms with Crippen LogP contribution in [0.15, 0.2) is 24.3 Å². The maximum Gasteiger partial charge on any atom is 0.416 e. The number of ether oxygens (including phenoxy) is 1. The number of halogens is 3. The van der Waals surface area contributed by atoms with Crippen LogP contribution in [0.2, 0.25) is 0 Å². The Morgan fingerprint density at radius 1 is 1.21 bits per heavy atom. The highest BCUT2D eigenvalue weighted by Gasteiger charge is 2.30. The zero-order valence-electron chi connectivity index (χ0n) is 10.9. The van der Waals surface area contributed by atoms with Gasteiger partial charge in [-0.1, -0.05) is 6.92 Å². The maximum atomic E-state index is 12.3. The fourth-order valence-corrected chi connectivity index (χ4v) is 1.42. The van der Waals surface area contributed by atoms with E-state index in [9.17, 15) is 18.3 Å². The second-order valence-electron chi connectivity index (χ2n) is 4.59. The van der Waals surface area contributed by atoms with Gasteiger partial charge in [-0.15, -0.1) is 0 Å². The molecule has 0 heterocycles. The van der Waals surface area contributed by atoms with Crippen LogP contribution >= 0.6 is 0 Å². The van der Waals surface area contributed by atoms with Crippen LogP contribution in [-0.2, 0) is 6.18 Å². The van der Waals surface area contributed by atoms with Gasteiger partial charge in [0.25, 0.3) is 0 Å². The Labute approximate surface area is 110 Å². The first kappa shape index (κ1) is 15.8. The van der Waals surface area contributed by atoms with Crippen molar-refractivity contribution in [2.45, 2.75) is 25.6 Å². The van der Waals surface area contributed by atoms with Crippen LogP contribution in [0.3, 0.4) is 0 Å². The lowest BCUT2D eigenvalue weighted by atomic mass is 10.1. The van der Waals surface area contributed by atoms with Gasteiger partial charge in [-0.25, -0.2) is 0 Å². The molecule has 6 heteroatoms. The minimum Gasteiger partial charge on any atom is -0.491 e. The molecule has 1 rings (SSSR count). The Morgan fingerprint density at radius 2 is 1.79 bits per heavy atom. The molecule has 0 amide bonds. The van der Waals surface area contributed by atoms with Gasteiger partial charge in [0.1, 0.15) is 18.0 Å². The van der Waals surface area contributed by atoms with Gasteiger partial charge in [-0.05, 0) is 37.7 Å². The Hall–Kier alpha value is -1.27. The Balaban J connectivity index is 2.54. The van der Waals surface area contributed by atoms with E-state index in [4.69, 9.17) is 4.74 Å².